The Morgan fingerprint density at radius 3 is 2.29 bits per heavy atom. The molecule has 6 rings (SSSR count). The molecule has 6 aliphatic rings. The topological polar surface area (TPSA) is 60.9 Å². The number of carbonyl (C=O) groups excluding carboxylic acids is 3. The highest BCUT2D eigenvalue weighted by Crippen LogP contribution is 2.47. The molecule has 0 aromatic carbocycles. The quantitative estimate of drug-likeness (QED) is 0.740. The first-order valence-corrected chi connectivity index (χ1v) is 11.4. The van der Waals surface area contributed by atoms with Gasteiger partial charge in [-0.3, -0.25) is 14.4 Å². The van der Waals surface area contributed by atoms with Gasteiger partial charge in [0.25, 0.3) is 0 Å². The molecule has 0 aromatic rings. The lowest BCUT2D eigenvalue weighted by Gasteiger charge is -2.39. The van der Waals surface area contributed by atoms with Crippen molar-refractivity contribution in [2.24, 2.45) is 23.7 Å². The summed E-state index contributed by atoms with van der Waals surface area (Å²) in [4.78, 5) is 43.7. The highest BCUT2D eigenvalue weighted by atomic mass is 16.2. The zero-order valence-electron chi connectivity index (χ0n) is 16.9. The van der Waals surface area contributed by atoms with Gasteiger partial charge in [0, 0.05) is 44.6 Å². The molecule has 0 N–H and O–H groups in total. The third-order valence-corrected chi connectivity index (χ3v) is 8.11. The first-order chi connectivity index (χ1) is 13.6. The molecule has 28 heavy (non-hydrogen) atoms. The number of fused-ring (bicyclic) bond motifs is 1. The maximum Gasteiger partial charge on any atom is 0.242 e. The van der Waals surface area contributed by atoms with E-state index in [1.54, 1.807) is 0 Å². The molecule has 6 heteroatoms. The Balaban J connectivity index is 1.15. The van der Waals surface area contributed by atoms with Crippen molar-refractivity contribution in [3.05, 3.63) is 0 Å². The van der Waals surface area contributed by atoms with E-state index in [9.17, 15) is 14.4 Å². The number of hydrogen-bond acceptors (Lipinski definition) is 3. The molecule has 0 radical (unpaired) electrons. The molecule has 4 saturated heterocycles. The molecule has 154 valence electrons. The van der Waals surface area contributed by atoms with Crippen LogP contribution in [0, 0.1) is 23.7 Å². The van der Waals surface area contributed by atoms with Crippen LogP contribution in [0.3, 0.4) is 0 Å². The molecule has 4 aliphatic heterocycles. The SMILES string of the molecule is O=C(CN1C(=O)C2CC3CC(C2)CC1C3)N1CCC(CN2CCCC2=O)CC1. The zero-order valence-corrected chi connectivity index (χ0v) is 16.9. The molecular formula is C22H33N3O3. The third-order valence-electron chi connectivity index (χ3n) is 8.11. The summed E-state index contributed by atoms with van der Waals surface area (Å²) in [5.41, 5.74) is 0. The molecule has 3 amide bonds. The van der Waals surface area contributed by atoms with Gasteiger partial charge in [0.1, 0.15) is 6.54 Å². The number of amides is 3. The lowest BCUT2D eigenvalue weighted by Crippen LogP contribution is -2.50. The number of piperidine rings is 1. The van der Waals surface area contributed by atoms with Gasteiger partial charge >= 0.3 is 0 Å². The number of hydrogen-bond donors (Lipinski definition) is 0. The molecule has 4 bridgehead atoms. The lowest BCUT2D eigenvalue weighted by molar-refractivity contribution is -0.144. The van der Waals surface area contributed by atoms with Gasteiger partial charge < -0.3 is 14.7 Å². The summed E-state index contributed by atoms with van der Waals surface area (Å²) in [6.45, 7) is 3.59. The number of carbonyl (C=O) groups is 3. The number of likely N-dealkylation sites (tertiary alicyclic amines) is 2. The fourth-order valence-electron chi connectivity index (χ4n) is 6.71. The molecule has 0 spiro atoms. The van der Waals surface area contributed by atoms with E-state index < -0.39 is 0 Å². The van der Waals surface area contributed by atoms with Crippen LogP contribution >= 0.6 is 0 Å². The minimum absolute atomic E-state index is 0.130. The Morgan fingerprint density at radius 1 is 0.929 bits per heavy atom. The van der Waals surface area contributed by atoms with Crippen molar-refractivity contribution in [1.82, 2.24) is 14.7 Å². The number of nitrogens with zero attached hydrogens (tertiary/aromatic N) is 3. The Kier molecular flexibility index (Phi) is 4.84. The Bertz CT molecular complexity index is 643. The van der Waals surface area contributed by atoms with Gasteiger partial charge in [-0.2, -0.15) is 0 Å². The van der Waals surface area contributed by atoms with Crippen molar-refractivity contribution in [2.45, 2.75) is 63.8 Å². The third kappa shape index (κ3) is 3.43. The predicted molar refractivity (Wildman–Crippen MR) is 104 cm³/mol. The molecule has 6 fully saturated rings. The zero-order chi connectivity index (χ0) is 19.3. The molecule has 2 saturated carbocycles. The minimum atomic E-state index is 0.130. The summed E-state index contributed by atoms with van der Waals surface area (Å²) in [5.74, 6) is 2.77. The fraction of sp³-hybridized carbons (Fsp3) is 0.864. The largest absolute Gasteiger partial charge is 0.342 e. The van der Waals surface area contributed by atoms with E-state index in [0.29, 0.717) is 36.1 Å². The summed E-state index contributed by atoms with van der Waals surface area (Å²) in [6, 6.07) is 0.298. The highest BCUT2D eigenvalue weighted by Gasteiger charge is 2.47. The maximum absolute atomic E-state index is 13.0. The standard InChI is InChI=1S/C22H33N3O3/c26-20-2-1-5-24(20)13-15-3-6-23(7-4-15)21(27)14-25-19-11-16-8-17(12-19)10-18(9-16)22(25)28/h15-19H,1-14H2. The minimum Gasteiger partial charge on any atom is -0.342 e. The van der Waals surface area contributed by atoms with Crippen LogP contribution in [0.5, 0.6) is 0 Å². The highest BCUT2D eigenvalue weighted by molar-refractivity contribution is 5.87. The molecule has 6 nitrogen and oxygen atoms in total. The van der Waals surface area contributed by atoms with Crippen molar-refractivity contribution in [3.63, 3.8) is 0 Å². The monoisotopic (exact) mass is 387 g/mol. The van der Waals surface area contributed by atoms with E-state index in [2.05, 4.69) is 0 Å². The molecule has 0 aromatic heterocycles. The first-order valence-electron chi connectivity index (χ1n) is 11.4. The van der Waals surface area contributed by atoms with E-state index in [1.807, 2.05) is 14.7 Å². The van der Waals surface area contributed by atoms with Crippen LogP contribution in [-0.2, 0) is 14.4 Å². The van der Waals surface area contributed by atoms with Crippen molar-refractivity contribution >= 4 is 17.7 Å². The van der Waals surface area contributed by atoms with Crippen LogP contribution in [0.25, 0.3) is 0 Å². The summed E-state index contributed by atoms with van der Waals surface area (Å²) < 4.78 is 0. The average molecular weight is 388 g/mol. The van der Waals surface area contributed by atoms with E-state index in [4.69, 9.17) is 0 Å². The Labute approximate surface area is 167 Å². The van der Waals surface area contributed by atoms with E-state index >= 15 is 0 Å². The second kappa shape index (κ2) is 7.34. The fourth-order valence-corrected chi connectivity index (χ4v) is 6.71. The van der Waals surface area contributed by atoms with Gasteiger partial charge in [-0.05, 0) is 69.1 Å². The second-order valence-corrected chi connectivity index (χ2v) is 9.99. The average Bonchev–Trinajstić information content (AvgIpc) is 3.03. The van der Waals surface area contributed by atoms with Gasteiger partial charge in [0.05, 0.1) is 0 Å². The van der Waals surface area contributed by atoms with Crippen molar-refractivity contribution in [2.75, 3.05) is 32.7 Å². The second-order valence-electron chi connectivity index (χ2n) is 9.99. The molecule has 2 atom stereocenters. The smallest absolute Gasteiger partial charge is 0.242 e. The molecule has 4 heterocycles. The van der Waals surface area contributed by atoms with Gasteiger partial charge in [-0.15, -0.1) is 0 Å². The van der Waals surface area contributed by atoms with Crippen LogP contribution in [0.15, 0.2) is 0 Å². The lowest BCUT2D eigenvalue weighted by atomic mass is 9.68. The van der Waals surface area contributed by atoms with E-state index in [1.165, 1.54) is 6.42 Å². The summed E-state index contributed by atoms with van der Waals surface area (Å²) in [7, 11) is 0. The Hall–Kier alpha value is -1.59. The van der Waals surface area contributed by atoms with Gasteiger partial charge in [0.2, 0.25) is 17.7 Å². The summed E-state index contributed by atoms with van der Waals surface area (Å²) >= 11 is 0. The van der Waals surface area contributed by atoms with Crippen LogP contribution in [0.4, 0.5) is 0 Å². The van der Waals surface area contributed by atoms with Crippen molar-refractivity contribution in [3.8, 4) is 0 Å². The molecular weight excluding hydrogens is 354 g/mol. The van der Waals surface area contributed by atoms with Crippen molar-refractivity contribution in [1.29, 1.82) is 0 Å². The summed E-state index contributed by atoms with van der Waals surface area (Å²) in [5, 5.41) is 0. The van der Waals surface area contributed by atoms with Gasteiger partial charge in [-0.1, -0.05) is 0 Å². The van der Waals surface area contributed by atoms with Crippen LogP contribution in [-0.4, -0.2) is 71.2 Å². The molecule has 2 aliphatic carbocycles. The van der Waals surface area contributed by atoms with Gasteiger partial charge in [0.15, 0.2) is 0 Å². The van der Waals surface area contributed by atoms with Gasteiger partial charge in [-0.25, -0.2) is 0 Å². The first kappa shape index (κ1) is 18.4. The molecule has 2 unspecified atom stereocenters. The Morgan fingerprint density at radius 2 is 1.64 bits per heavy atom. The van der Waals surface area contributed by atoms with Crippen LogP contribution < -0.4 is 0 Å². The summed E-state index contributed by atoms with van der Waals surface area (Å²) in [6.07, 6.45) is 9.26. The van der Waals surface area contributed by atoms with E-state index in [0.717, 1.165) is 71.1 Å². The normalized spacial score (nSPS) is 35.8. The predicted octanol–water partition coefficient (Wildman–Crippen LogP) is 1.88. The van der Waals surface area contributed by atoms with Crippen LogP contribution in [0.1, 0.15) is 57.8 Å². The van der Waals surface area contributed by atoms with E-state index in [-0.39, 0.29) is 24.3 Å². The van der Waals surface area contributed by atoms with Crippen molar-refractivity contribution < 1.29 is 14.4 Å². The number of rotatable bonds is 4. The van der Waals surface area contributed by atoms with Crippen LogP contribution in [0.2, 0.25) is 0 Å². The maximum atomic E-state index is 13.0.